The maximum absolute atomic E-state index is 10.8. The van der Waals surface area contributed by atoms with Crippen LogP contribution in [0.4, 0.5) is 0 Å². The zero-order chi connectivity index (χ0) is 10.0. The van der Waals surface area contributed by atoms with Crippen LogP contribution in [-0.2, 0) is 0 Å². The van der Waals surface area contributed by atoms with Gasteiger partial charge in [-0.2, -0.15) is 0 Å². The molecule has 0 amide bonds. The first-order chi connectivity index (χ1) is 6.02. The molecule has 1 N–H and O–H groups in total. The fraction of sp³-hybridized carbons (Fsp3) is 0. The Kier molecular flexibility index (Phi) is 2.90. The number of carbonyl (C=O) groups excluding carboxylic acids is 2. The Labute approximate surface area is 83.9 Å². The summed E-state index contributed by atoms with van der Waals surface area (Å²) in [7, 11) is 0. The molecule has 0 aliphatic heterocycles. The topological polar surface area (TPSA) is 54.4 Å². The van der Waals surface area contributed by atoms with Gasteiger partial charge in [0.25, 0.3) is 10.5 Å². The van der Waals surface area contributed by atoms with Crippen molar-refractivity contribution in [1.29, 1.82) is 0 Å². The van der Waals surface area contributed by atoms with Gasteiger partial charge in [0.2, 0.25) is 0 Å². The van der Waals surface area contributed by atoms with Crippen LogP contribution < -0.4 is 0 Å². The quantitative estimate of drug-likeness (QED) is 0.775. The van der Waals surface area contributed by atoms with Crippen molar-refractivity contribution in [3.63, 3.8) is 0 Å². The molecule has 68 valence electrons. The minimum absolute atomic E-state index is 0.0144. The molecule has 0 aromatic heterocycles. The first-order valence-electron chi connectivity index (χ1n) is 3.25. The highest BCUT2D eigenvalue weighted by Crippen LogP contribution is 2.19. The third-order valence-corrected chi connectivity index (χ3v) is 1.83. The van der Waals surface area contributed by atoms with Crippen LogP contribution in [0.2, 0.25) is 0 Å². The summed E-state index contributed by atoms with van der Waals surface area (Å²) in [4.78, 5) is 21.5. The smallest absolute Gasteiger partial charge is 0.253 e. The van der Waals surface area contributed by atoms with Crippen molar-refractivity contribution in [2.45, 2.75) is 0 Å². The van der Waals surface area contributed by atoms with E-state index in [4.69, 9.17) is 28.3 Å². The Morgan fingerprint density at radius 2 is 1.62 bits per heavy atom. The predicted molar refractivity (Wildman–Crippen MR) is 48.5 cm³/mol. The van der Waals surface area contributed by atoms with Gasteiger partial charge in [-0.15, -0.1) is 0 Å². The molecule has 0 heterocycles. The van der Waals surface area contributed by atoms with E-state index >= 15 is 0 Å². The second-order valence-electron chi connectivity index (χ2n) is 2.28. The lowest BCUT2D eigenvalue weighted by atomic mass is 10.1. The minimum atomic E-state index is -0.833. The predicted octanol–water partition coefficient (Wildman–Crippen LogP) is 2.15. The monoisotopic (exact) mass is 218 g/mol. The lowest BCUT2D eigenvalue weighted by Crippen LogP contribution is -1.99. The molecular formula is C8H4Cl2O3. The van der Waals surface area contributed by atoms with Crippen molar-refractivity contribution in [1.82, 2.24) is 0 Å². The number of phenolic OH excluding ortho intramolecular Hbond substituents is 1. The van der Waals surface area contributed by atoms with Gasteiger partial charge < -0.3 is 5.11 Å². The van der Waals surface area contributed by atoms with Gasteiger partial charge in [-0.25, -0.2) is 0 Å². The lowest BCUT2D eigenvalue weighted by molar-refractivity contribution is 0.105. The normalized spacial score (nSPS) is 9.69. The van der Waals surface area contributed by atoms with E-state index < -0.39 is 10.5 Å². The van der Waals surface area contributed by atoms with Crippen LogP contribution in [0.1, 0.15) is 20.7 Å². The number of benzene rings is 1. The van der Waals surface area contributed by atoms with E-state index in [2.05, 4.69) is 0 Å². The van der Waals surface area contributed by atoms with Crippen molar-refractivity contribution in [2.75, 3.05) is 0 Å². The molecular weight excluding hydrogens is 215 g/mol. The Hall–Kier alpha value is -1.06. The number of hydrogen-bond acceptors (Lipinski definition) is 3. The van der Waals surface area contributed by atoms with Gasteiger partial charge in [0.05, 0.1) is 0 Å². The van der Waals surface area contributed by atoms with Crippen LogP contribution in [0, 0.1) is 0 Å². The number of rotatable bonds is 2. The van der Waals surface area contributed by atoms with E-state index in [1.54, 1.807) is 0 Å². The van der Waals surface area contributed by atoms with Crippen LogP contribution in [-0.4, -0.2) is 15.6 Å². The summed E-state index contributed by atoms with van der Waals surface area (Å²) < 4.78 is 0. The average Bonchev–Trinajstić information content (AvgIpc) is 2.03. The molecule has 0 unspecified atom stereocenters. The van der Waals surface area contributed by atoms with Gasteiger partial charge in [0.15, 0.2) is 0 Å². The Balaban J connectivity index is 3.35. The molecule has 1 rings (SSSR count). The summed E-state index contributed by atoms with van der Waals surface area (Å²) in [6, 6.07) is 3.57. The highest BCUT2D eigenvalue weighted by Gasteiger charge is 2.14. The summed E-state index contributed by atoms with van der Waals surface area (Å²) >= 11 is 10.3. The maximum Gasteiger partial charge on any atom is 0.253 e. The van der Waals surface area contributed by atoms with Crippen LogP contribution in [0.25, 0.3) is 0 Å². The highest BCUT2D eigenvalue weighted by molar-refractivity contribution is 6.72. The van der Waals surface area contributed by atoms with Gasteiger partial charge in [-0.05, 0) is 41.4 Å². The molecule has 0 aliphatic rings. The Morgan fingerprint density at radius 3 is 2.08 bits per heavy atom. The van der Waals surface area contributed by atoms with Crippen LogP contribution in [0.15, 0.2) is 18.2 Å². The molecule has 0 fully saturated rings. The second-order valence-corrected chi connectivity index (χ2v) is 2.96. The number of carbonyl (C=O) groups is 2. The van der Waals surface area contributed by atoms with Crippen LogP contribution in [0.5, 0.6) is 5.75 Å². The molecule has 13 heavy (non-hydrogen) atoms. The molecule has 1 aromatic carbocycles. The van der Waals surface area contributed by atoms with Gasteiger partial charge in [-0.3, -0.25) is 9.59 Å². The van der Waals surface area contributed by atoms with E-state index in [0.717, 1.165) is 6.07 Å². The fourth-order valence-corrected chi connectivity index (χ4v) is 1.19. The number of aromatic hydroxyl groups is 1. The summed E-state index contributed by atoms with van der Waals surface area (Å²) in [6.07, 6.45) is 0. The number of phenols is 1. The first-order valence-corrected chi connectivity index (χ1v) is 4.00. The van der Waals surface area contributed by atoms with Crippen molar-refractivity contribution in [3.8, 4) is 5.75 Å². The van der Waals surface area contributed by atoms with Gasteiger partial charge in [0.1, 0.15) is 5.75 Å². The molecule has 0 saturated carbocycles. The van der Waals surface area contributed by atoms with Gasteiger partial charge in [-0.1, -0.05) is 0 Å². The zero-order valence-corrected chi connectivity index (χ0v) is 7.76. The molecule has 0 aliphatic carbocycles. The largest absolute Gasteiger partial charge is 0.508 e. The molecule has 5 heteroatoms. The summed E-state index contributed by atoms with van der Waals surface area (Å²) in [6.45, 7) is 0. The lowest BCUT2D eigenvalue weighted by Gasteiger charge is -2.00. The van der Waals surface area contributed by atoms with Crippen LogP contribution >= 0.6 is 23.2 Å². The van der Waals surface area contributed by atoms with Crippen molar-refractivity contribution in [2.24, 2.45) is 0 Å². The summed E-state index contributed by atoms with van der Waals surface area (Å²) in [5, 5.41) is 7.38. The summed E-state index contributed by atoms with van der Waals surface area (Å²) in [5.74, 6) is -0.148. The molecule has 3 nitrogen and oxygen atoms in total. The third kappa shape index (κ3) is 2.20. The zero-order valence-electron chi connectivity index (χ0n) is 6.25. The fourth-order valence-electron chi connectivity index (χ4n) is 0.866. The van der Waals surface area contributed by atoms with E-state index in [0.29, 0.717) is 0 Å². The van der Waals surface area contributed by atoms with E-state index in [1.807, 2.05) is 0 Å². The number of halogens is 2. The second kappa shape index (κ2) is 3.77. The standard InChI is InChI=1S/C8H4Cl2O3/c9-7(12)5-2-1-4(11)3-6(5)8(10)13/h1-3,11H. The minimum Gasteiger partial charge on any atom is -0.508 e. The van der Waals surface area contributed by atoms with Crippen molar-refractivity contribution >= 4 is 33.7 Å². The van der Waals surface area contributed by atoms with E-state index in [-0.39, 0.29) is 16.9 Å². The summed E-state index contributed by atoms with van der Waals surface area (Å²) in [5.41, 5.74) is -0.110. The van der Waals surface area contributed by atoms with E-state index in [1.165, 1.54) is 12.1 Å². The van der Waals surface area contributed by atoms with E-state index in [9.17, 15) is 9.59 Å². The molecule has 0 bridgehead atoms. The Morgan fingerprint density at radius 1 is 1.08 bits per heavy atom. The molecule has 0 saturated heterocycles. The third-order valence-electron chi connectivity index (χ3n) is 1.43. The first kappa shape index (κ1) is 10.0. The molecule has 0 spiro atoms. The Bertz CT molecular complexity index is 374. The molecule has 1 aromatic rings. The van der Waals surface area contributed by atoms with Crippen molar-refractivity contribution in [3.05, 3.63) is 29.3 Å². The average molecular weight is 219 g/mol. The number of hydrogen-bond donors (Lipinski definition) is 1. The van der Waals surface area contributed by atoms with Gasteiger partial charge in [0, 0.05) is 11.1 Å². The van der Waals surface area contributed by atoms with Crippen LogP contribution in [0.3, 0.4) is 0 Å². The molecule has 0 atom stereocenters. The van der Waals surface area contributed by atoms with Crippen molar-refractivity contribution < 1.29 is 14.7 Å². The maximum atomic E-state index is 10.8. The van der Waals surface area contributed by atoms with Gasteiger partial charge >= 0.3 is 0 Å². The molecule has 0 radical (unpaired) electrons. The highest BCUT2D eigenvalue weighted by atomic mass is 35.5. The SMILES string of the molecule is O=C(Cl)c1ccc(O)cc1C(=O)Cl.